The van der Waals surface area contributed by atoms with Crippen LogP contribution in [0.25, 0.3) is 0 Å². The molecule has 1 N–H and O–H groups in total. The van der Waals surface area contributed by atoms with Gasteiger partial charge in [-0.2, -0.15) is 5.26 Å². The fourth-order valence-electron chi connectivity index (χ4n) is 1.71. The average molecular weight is 180 g/mol. The lowest BCUT2D eigenvalue weighted by Gasteiger charge is -2.31. The van der Waals surface area contributed by atoms with E-state index in [4.69, 9.17) is 10.00 Å². The van der Waals surface area contributed by atoms with Crippen molar-refractivity contribution in [1.82, 2.24) is 5.32 Å². The zero-order chi connectivity index (χ0) is 9.15. The first-order valence-electron chi connectivity index (χ1n) is 5.09. The van der Waals surface area contributed by atoms with Crippen LogP contribution in [0.1, 0.15) is 25.7 Å². The van der Waals surface area contributed by atoms with Crippen molar-refractivity contribution >= 4 is 0 Å². The van der Waals surface area contributed by atoms with E-state index in [0.717, 1.165) is 38.5 Å². The molecule has 0 bridgehead atoms. The molecule has 0 aromatic carbocycles. The van der Waals surface area contributed by atoms with Crippen molar-refractivity contribution in [3.05, 3.63) is 0 Å². The molecule has 3 nitrogen and oxygen atoms in total. The maximum absolute atomic E-state index is 9.11. The molecule has 2 rings (SSSR count). The van der Waals surface area contributed by atoms with E-state index in [-0.39, 0.29) is 5.54 Å². The highest BCUT2D eigenvalue weighted by molar-refractivity contribution is 5.08. The number of nitriles is 1. The quantitative estimate of drug-likeness (QED) is 0.706. The average Bonchev–Trinajstić information content (AvgIpc) is 3.00. The molecule has 0 amide bonds. The largest absolute Gasteiger partial charge is 0.381 e. The monoisotopic (exact) mass is 180 g/mol. The molecule has 13 heavy (non-hydrogen) atoms. The first-order chi connectivity index (χ1) is 6.35. The second kappa shape index (κ2) is 3.65. The summed E-state index contributed by atoms with van der Waals surface area (Å²) in [5.41, 5.74) is -0.277. The summed E-state index contributed by atoms with van der Waals surface area (Å²) in [6.45, 7) is 2.48. The van der Waals surface area contributed by atoms with E-state index in [1.165, 1.54) is 12.8 Å². The predicted molar refractivity (Wildman–Crippen MR) is 49.1 cm³/mol. The topological polar surface area (TPSA) is 45.0 Å². The second-order valence-electron chi connectivity index (χ2n) is 4.13. The summed E-state index contributed by atoms with van der Waals surface area (Å²) >= 11 is 0. The molecule has 0 aromatic heterocycles. The lowest BCUT2D eigenvalue weighted by Crippen LogP contribution is -2.48. The number of nitrogens with zero attached hydrogens (tertiary/aromatic N) is 1. The van der Waals surface area contributed by atoms with Gasteiger partial charge in [0.15, 0.2) is 0 Å². The number of nitrogens with one attached hydrogen (secondary N) is 1. The molecule has 72 valence electrons. The van der Waals surface area contributed by atoms with E-state index in [1.807, 2.05) is 0 Å². The van der Waals surface area contributed by atoms with Crippen LogP contribution >= 0.6 is 0 Å². The smallest absolute Gasteiger partial charge is 0.111 e. The maximum Gasteiger partial charge on any atom is 0.111 e. The van der Waals surface area contributed by atoms with Crippen LogP contribution in [-0.4, -0.2) is 25.3 Å². The number of hydrogen-bond donors (Lipinski definition) is 1. The molecular formula is C10H16N2O. The highest BCUT2D eigenvalue weighted by Gasteiger charge is 2.34. The number of rotatable bonds is 3. The summed E-state index contributed by atoms with van der Waals surface area (Å²) in [6.07, 6.45) is 4.36. The molecule has 0 atom stereocenters. The van der Waals surface area contributed by atoms with Crippen molar-refractivity contribution in [2.24, 2.45) is 5.92 Å². The van der Waals surface area contributed by atoms with Gasteiger partial charge in [0.2, 0.25) is 0 Å². The summed E-state index contributed by atoms with van der Waals surface area (Å²) in [6, 6.07) is 2.41. The summed E-state index contributed by atoms with van der Waals surface area (Å²) in [4.78, 5) is 0. The third-order valence-electron chi connectivity index (χ3n) is 2.99. The van der Waals surface area contributed by atoms with Crippen LogP contribution in [0.2, 0.25) is 0 Å². The fourth-order valence-corrected chi connectivity index (χ4v) is 1.71. The Morgan fingerprint density at radius 1 is 1.38 bits per heavy atom. The van der Waals surface area contributed by atoms with Crippen molar-refractivity contribution in [1.29, 1.82) is 5.26 Å². The van der Waals surface area contributed by atoms with Gasteiger partial charge in [0.25, 0.3) is 0 Å². The highest BCUT2D eigenvalue weighted by atomic mass is 16.5. The van der Waals surface area contributed by atoms with Gasteiger partial charge in [0.05, 0.1) is 6.07 Å². The van der Waals surface area contributed by atoms with Gasteiger partial charge in [-0.15, -0.1) is 0 Å². The number of hydrogen-bond acceptors (Lipinski definition) is 3. The molecule has 0 spiro atoms. The Morgan fingerprint density at radius 3 is 2.62 bits per heavy atom. The normalized spacial score (nSPS) is 26.7. The van der Waals surface area contributed by atoms with Crippen LogP contribution in [0.3, 0.4) is 0 Å². The maximum atomic E-state index is 9.11. The molecule has 0 aromatic rings. The van der Waals surface area contributed by atoms with E-state index >= 15 is 0 Å². The summed E-state index contributed by atoms with van der Waals surface area (Å²) in [5, 5.41) is 12.5. The summed E-state index contributed by atoms with van der Waals surface area (Å²) in [7, 11) is 0. The van der Waals surface area contributed by atoms with E-state index in [9.17, 15) is 0 Å². The van der Waals surface area contributed by atoms with Crippen LogP contribution in [0.15, 0.2) is 0 Å². The third kappa shape index (κ3) is 2.20. The molecule has 2 fully saturated rings. The minimum atomic E-state index is -0.277. The van der Waals surface area contributed by atoms with Gasteiger partial charge in [0, 0.05) is 26.1 Å². The van der Waals surface area contributed by atoms with Crippen molar-refractivity contribution in [3.8, 4) is 6.07 Å². The molecule has 1 saturated heterocycles. The molecule has 1 aliphatic carbocycles. The van der Waals surface area contributed by atoms with Gasteiger partial charge >= 0.3 is 0 Å². The van der Waals surface area contributed by atoms with Gasteiger partial charge < -0.3 is 4.74 Å². The Morgan fingerprint density at radius 2 is 2.08 bits per heavy atom. The highest BCUT2D eigenvalue weighted by Crippen LogP contribution is 2.29. The Labute approximate surface area is 79.1 Å². The van der Waals surface area contributed by atoms with Crippen LogP contribution in [-0.2, 0) is 4.74 Å². The van der Waals surface area contributed by atoms with E-state index in [0.29, 0.717) is 0 Å². The molecular weight excluding hydrogens is 164 g/mol. The summed E-state index contributed by atoms with van der Waals surface area (Å²) < 4.78 is 5.26. The minimum absolute atomic E-state index is 0.277. The summed E-state index contributed by atoms with van der Waals surface area (Å²) in [5.74, 6) is 0.841. The molecule has 0 radical (unpaired) electrons. The van der Waals surface area contributed by atoms with Crippen molar-refractivity contribution in [2.75, 3.05) is 19.8 Å². The van der Waals surface area contributed by atoms with Crippen LogP contribution in [0.5, 0.6) is 0 Å². The van der Waals surface area contributed by atoms with E-state index in [1.54, 1.807) is 0 Å². The van der Waals surface area contributed by atoms with Crippen LogP contribution in [0.4, 0.5) is 0 Å². The Hall–Kier alpha value is -0.590. The Bertz CT molecular complexity index is 211. The van der Waals surface area contributed by atoms with Gasteiger partial charge in [-0.25, -0.2) is 0 Å². The van der Waals surface area contributed by atoms with Gasteiger partial charge in [-0.05, 0) is 25.3 Å². The molecule has 1 aliphatic heterocycles. The standard InChI is InChI=1S/C10H16N2O/c11-8-10(3-5-13-6-4-10)12-7-9-1-2-9/h9,12H,1-7H2. The lowest BCUT2D eigenvalue weighted by molar-refractivity contribution is 0.0576. The van der Waals surface area contributed by atoms with Gasteiger partial charge in [-0.3, -0.25) is 5.32 Å². The molecule has 1 saturated carbocycles. The minimum Gasteiger partial charge on any atom is -0.381 e. The second-order valence-corrected chi connectivity index (χ2v) is 4.13. The molecule has 1 heterocycles. The van der Waals surface area contributed by atoms with Crippen molar-refractivity contribution in [2.45, 2.75) is 31.2 Å². The third-order valence-corrected chi connectivity index (χ3v) is 2.99. The first kappa shape index (κ1) is 8.98. The first-order valence-corrected chi connectivity index (χ1v) is 5.09. The Kier molecular flexibility index (Phi) is 2.52. The predicted octanol–water partition coefficient (Wildman–Crippen LogP) is 1.06. The van der Waals surface area contributed by atoms with Crippen molar-refractivity contribution in [3.63, 3.8) is 0 Å². The SMILES string of the molecule is N#CC1(NCC2CC2)CCOCC1. The zero-order valence-electron chi connectivity index (χ0n) is 7.88. The lowest BCUT2D eigenvalue weighted by atomic mass is 9.91. The Balaban J connectivity index is 1.85. The van der Waals surface area contributed by atoms with E-state index < -0.39 is 0 Å². The zero-order valence-corrected chi connectivity index (χ0v) is 7.88. The van der Waals surface area contributed by atoms with Gasteiger partial charge in [-0.1, -0.05) is 0 Å². The molecule has 2 aliphatic rings. The van der Waals surface area contributed by atoms with Crippen molar-refractivity contribution < 1.29 is 4.74 Å². The van der Waals surface area contributed by atoms with E-state index in [2.05, 4.69) is 11.4 Å². The molecule has 0 unspecified atom stereocenters. The molecule has 3 heteroatoms. The van der Waals surface area contributed by atoms with Crippen LogP contribution < -0.4 is 5.32 Å². The fraction of sp³-hybridized carbons (Fsp3) is 0.900. The number of ether oxygens (including phenoxy) is 1. The van der Waals surface area contributed by atoms with Gasteiger partial charge in [0.1, 0.15) is 5.54 Å². The van der Waals surface area contributed by atoms with Crippen LogP contribution in [0, 0.1) is 17.2 Å².